The molecule has 0 rings (SSSR count). The van der Waals surface area contributed by atoms with Gasteiger partial charge in [0.2, 0.25) is 0 Å². The minimum Gasteiger partial charge on any atom is -0.382 e. The highest BCUT2D eigenvalue weighted by atomic mass is 16.5. The van der Waals surface area contributed by atoms with E-state index in [1.807, 2.05) is 20.8 Å². The smallest absolute Gasteiger partial charge is 0.189 e. The summed E-state index contributed by atoms with van der Waals surface area (Å²) in [6.45, 7) is 7.26. The first kappa shape index (κ1) is 11.2. The maximum Gasteiger partial charge on any atom is 0.189 e. The molecule has 0 atom stereocenters. The van der Waals surface area contributed by atoms with Crippen molar-refractivity contribution < 1.29 is 4.74 Å². The van der Waals surface area contributed by atoms with Crippen LogP contribution >= 0.6 is 0 Å². The van der Waals surface area contributed by atoms with Gasteiger partial charge >= 0.3 is 0 Å². The molecular weight excluding hydrogens is 154 g/mol. The average Bonchev–Trinajstić information content (AvgIpc) is 1.85. The summed E-state index contributed by atoms with van der Waals surface area (Å²) in [6.07, 6.45) is 0. The van der Waals surface area contributed by atoms with Crippen LogP contribution in [0.3, 0.4) is 0 Å². The molecule has 0 aromatic heterocycles. The minimum absolute atomic E-state index is 0.155. The van der Waals surface area contributed by atoms with Crippen LogP contribution in [0.5, 0.6) is 0 Å². The van der Waals surface area contributed by atoms with E-state index in [-0.39, 0.29) is 5.54 Å². The molecule has 0 heterocycles. The number of methoxy groups -OCH3 is 1. The van der Waals surface area contributed by atoms with Crippen molar-refractivity contribution in [2.24, 2.45) is 10.7 Å². The molecule has 4 nitrogen and oxygen atoms in total. The van der Waals surface area contributed by atoms with Crippen LogP contribution < -0.4 is 11.1 Å². The Morgan fingerprint density at radius 2 is 2.17 bits per heavy atom. The zero-order valence-corrected chi connectivity index (χ0v) is 8.35. The van der Waals surface area contributed by atoms with E-state index < -0.39 is 0 Å². The molecule has 0 aliphatic carbocycles. The third-order valence-corrected chi connectivity index (χ3v) is 1.30. The van der Waals surface area contributed by atoms with Gasteiger partial charge in [0.1, 0.15) is 0 Å². The van der Waals surface area contributed by atoms with E-state index in [4.69, 9.17) is 10.5 Å². The summed E-state index contributed by atoms with van der Waals surface area (Å²) in [7, 11) is 1.66. The Balaban J connectivity index is 3.95. The number of nitrogens with zero attached hydrogens (tertiary/aromatic N) is 1. The lowest BCUT2D eigenvalue weighted by atomic mass is 10.1. The van der Waals surface area contributed by atoms with Crippen LogP contribution in [0.4, 0.5) is 0 Å². The van der Waals surface area contributed by atoms with Crippen molar-refractivity contribution in [3.63, 3.8) is 0 Å². The van der Waals surface area contributed by atoms with Crippen molar-refractivity contribution in [2.75, 3.05) is 20.3 Å². The van der Waals surface area contributed by atoms with Crippen LogP contribution in [-0.4, -0.2) is 31.8 Å². The van der Waals surface area contributed by atoms with Crippen LogP contribution in [0.25, 0.3) is 0 Å². The van der Waals surface area contributed by atoms with Gasteiger partial charge in [0.15, 0.2) is 5.96 Å². The molecule has 0 saturated heterocycles. The van der Waals surface area contributed by atoms with Gasteiger partial charge in [0.05, 0.1) is 12.1 Å². The summed E-state index contributed by atoms with van der Waals surface area (Å²) in [5, 5.41) is 3.06. The molecular formula is C8H19N3O. The van der Waals surface area contributed by atoms with Gasteiger partial charge in [-0.1, -0.05) is 0 Å². The number of ether oxygens (including phenoxy) is 1. The fraction of sp³-hybridized carbons (Fsp3) is 0.875. The topological polar surface area (TPSA) is 59.6 Å². The zero-order valence-electron chi connectivity index (χ0n) is 8.35. The van der Waals surface area contributed by atoms with Crippen LogP contribution in [0.1, 0.15) is 20.8 Å². The molecule has 0 aliphatic heterocycles. The summed E-state index contributed by atoms with van der Waals surface area (Å²) >= 11 is 0. The lowest BCUT2D eigenvalue weighted by Crippen LogP contribution is -2.50. The van der Waals surface area contributed by atoms with Gasteiger partial charge in [0, 0.05) is 13.7 Å². The molecule has 0 saturated carbocycles. The maximum atomic E-state index is 5.58. The van der Waals surface area contributed by atoms with Gasteiger partial charge < -0.3 is 15.8 Å². The van der Waals surface area contributed by atoms with E-state index in [0.29, 0.717) is 19.1 Å². The Morgan fingerprint density at radius 1 is 1.58 bits per heavy atom. The Hall–Kier alpha value is -0.770. The highest BCUT2D eigenvalue weighted by molar-refractivity contribution is 5.78. The summed E-state index contributed by atoms with van der Waals surface area (Å²) < 4.78 is 5.01. The van der Waals surface area contributed by atoms with Crippen molar-refractivity contribution in [1.82, 2.24) is 5.32 Å². The second-order valence-electron chi connectivity index (χ2n) is 3.30. The van der Waals surface area contributed by atoms with Crippen LogP contribution in [0.2, 0.25) is 0 Å². The standard InChI is InChI=1S/C8H19N3O/c1-5-10-7(9)11-8(2,3)6-12-4/h5-6H2,1-4H3,(H3,9,10,11). The number of hydrogen-bond acceptors (Lipinski definition) is 2. The molecule has 0 aliphatic rings. The first-order chi connectivity index (χ1) is 5.52. The molecule has 0 aromatic rings. The number of hydrogen-bond donors (Lipinski definition) is 2. The van der Waals surface area contributed by atoms with Crippen LogP contribution in [0.15, 0.2) is 4.99 Å². The lowest BCUT2D eigenvalue weighted by Gasteiger charge is -2.25. The maximum absolute atomic E-state index is 5.58. The van der Waals surface area contributed by atoms with Crippen molar-refractivity contribution in [3.8, 4) is 0 Å². The molecule has 0 bridgehead atoms. The Morgan fingerprint density at radius 3 is 2.58 bits per heavy atom. The van der Waals surface area contributed by atoms with Crippen LogP contribution in [0, 0.1) is 0 Å². The molecule has 0 aromatic carbocycles. The summed E-state index contributed by atoms with van der Waals surface area (Å²) in [5.41, 5.74) is 5.43. The Labute approximate surface area is 74.2 Å². The van der Waals surface area contributed by atoms with E-state index in [1.54, 1.807) is 7.11 Å². The lowest BCUT2D eigenvalue weighted by molar-refractivity contribution is 0.139. The Kier molecular flexibility index (Phi) is 4.66. The molecule has 0 radical (unpaired) electrons. The van der Waals surface area contributed by atoms with E-state index in [0.717, 1.165) is 0 Å². The predicted molar refractivity (Wildman–Crippen MR) is 51.3 cm³/mol. The summed E-state index contributed by atoms with van der Waals surface area (Å²) in [5.74, 6) is 0.472. The molecule has 3 N–H and O–H groups in total. The van der Waals surface area contributed by atoms with Crippen molar-refractivity contribution in [1.29, 1.82) is 0 Å². The third kappa shape index (κ3) is 4.96. The average molecular weight is 173 g/mol. The number of rotatable bonds is 4. The molecule has 0 unspecified atom stereocenters. The predicted octanol–water partition coefficient (Wildman–Crippen LogP) is 0.336. The fourth-order valence-corrected chi connectivity index (χ4v) is 0.954. The number of nitrogens with two attached hydrogens (primary N) is 1. The van der Waals surface area contributed by atoms with E-state index in [1.165, 1.54) is 0 Å². The first-order valence-electron chi connectivity index (χ1n) is 4.09. The molecule has 0 spiro atoms. The molecule has 12 heavy (non-hydrogen) atoms. The number of aliphatic imine (C=N–C) groups is 1. The first-order valence-corrected chi connectivity index (χ1v) is 4.09. The van der Waals surface area contributed by atoms with Crippen molar-refractivity contribution in [3.05, 3.63) is 0 Å². The second-order valence-corrected chi connectivity index (χ2v) is 3.30. The molecule has 72 valence electrons. The van der Waals surface area contributed by atoms with Gasteiger partial charge in [-0.2, -0.15) is 0 Å². The van der Waals surface area contributed by atoms with Gasteiger partial charge in [-0.25, -0.2) is 0 Å². The highest BCUT2D eigenvalue weighted by Crippen LogP contribution is 2.00. The number of nitrogens with one attached hydrogen (secondary N) is 1. The SMILES string of the molecule is CCN=C(N)NC(C)(C)COC. The van der Waals surface area contributed by atoms with E-state index in [9.17, 15) is 0 Å². The highest BCUT2D eigenvalue weighted by Gasteiger charge is 2.17. The second kappa shape index (κ2) is 4.98. The summed E-state index contributed by atoms with van der Waals surface area (Å²) in [6, 6.07) is 0. The van der Waals surface area contributed by atoms with Gasteiger partial charge in [-0.15, -0.1) is 0 Å². The van der Waals surface area contributed by atoms with E-state index >= 15 is 0 Å². The normalized spacial score (nSPS) is 13.2. The molecule has 4 heteroatoms. The molecule has 0 fully saturated rings. The largest absolute Gasteiger partial charge is 0.382 e. The summed E-state index contributed by atoms with van der Waals surface area (Å²) in [4.78, 5) is 4.02. The minimum atomic E-state index is -0.155. The third-order valence-electron chi connectivity index (χ3n) is 1.30. The van der Waals surface area contributed by atoms with Crippen molar-refractivity contribution in [2.45, 2.75) is 26.3 Å². The molecule has 0 amide bonds. The Bertz CT molecular complexity index is 154. The van der Waals surface area contributed by atoms with Crippen LogP contribution in [-0.2, 0) is 4.74 Å². The van der Waals surface area contributed by atoms with Gasteiger partial charge in [-0.3, -0.25) is 4.99 Å². The number of guanidine groups is 1. The fourth-order valence-electron chi connectivity index (χ4n) is 0.954. The van der Waals surface area contributed by atoms with Crippen molar-refractivity contribution >= 4 is 5.96 Å². The van der Waals surface area contributed by atoms with Gasteiger partial charge in [-0.05, 0) is 20.8 Å². The zero-order chi connectivity index (χ0) is 9.61. The monoisotopic (exact) mass is 173 g/mol. The van der Waals surface area contributed by atoms with E-state index in [2.05, 4.69) is 10.3 Å². The van der Waals surface area contributed by atoms with Gasteiger partial charge in [0.25, 0.3) is 0 Å². The quantitative estimate of drug-likeness (QED) is 0.476.